The van der Waals surface area contributed by atoms with Gasteiger partial charge in [-0.2, -0.15) is 26.3 Å². The number of rotatable bonds is 2. The molecule has 2 aromatic rings. The first-order chi connectivity index (χ1) is 17.2. The molecule has 3 heterocycles. The van der Waals surface area contributed by atoms with E-state index in [1.54, 1.807) is 12.1 Å². The number of fused-ring (bicyclic) bond motifs is 1. The van der Waals surface area contributed by atoms with E-state index in [4.69, 9.17) is 0 Å². The van der Waals surface area contributed by atoms with Gasteiger partial charge in [-0.05, 0) is 41.7 Å². The SMILES string of the molecule is CC1(C)CCN(C(=O)C(F)(F)F)c2cc(NC(=O)N3CCN(c4ncccc4C(F)(F)F)CC3)ccc21. The van der Waals surface area contributed by atoms with Gasteiger partial charge in [0.2, 0.25) is 0 Å². The highest BCUT2D eigenvalue weighted by atomic mass is 19.4. The first-order valence-electron chi connectivity index (χ1n) is 11.5. The molecule has 0 radical (unpaired) electrons. The lowest BCUT2D eigenvalue weighted by Crippen LogP contribution is -2.50. The molecule has 0 bridgehead atoms. The van der Waals surface area contributed by atoms with E-state index in [2.05, 4.69) is 10.3 Å². The normalized spacial score (nSPS) is 17.9. The molecule has 1 aromatic heterocycles. The van der Waals surface area contributed by atoms with Gasteiger partial charge < -0.3 is 20.0 Å². The van der Waals surface area contributed by atoms with Gasteiger partial charge in [0.1, 0.15) is 5.82 Å². The Morgan fingerprint density at radius 1 is 0.973 bits per heavy atom. The second kappa shape index (κ2) is 9.42. The molecule has 0 atom stereocenters. The van der Waals surface area contributed by atoms with Crippen molar-refractivity contribution in [2.45, 2.75) is 38.0 Å². The minimum atomic E-state index is -5.04. The fourth-order valence-electron chi connectivity index (χ4n) is 4.61. The molecule has 7 nitrogen and oxygen atoms in total. The molecule has 1 saturated heterocycles. The molecule has 2 aliphatic rings. The third-order valence-electron chi connectivity index (χ3n) is 6.68. The molecule has 200 valence electrons. The number of anilines is 3. The van der Waals surface area contributed by atoms with Gasteiger partial charge in [0.15, 0.2) is 0 Å². The van der Waals surface area contributed by atoms with Gasteiger partial charge in [-0.25, -0.2) is 9.78 Å². The second-order valence-electron chi connectivity index (χ2n) is 9.60. The van der Waals surface area contributed by atoms with Crippen molar-refractivity contribution >= 4 is 29.1 Å². The highest BCUT2D eigenvalue weighted by Crippen LogP contribution is 2.42. The molecule has 3 amide bonds. The van der Waals surface area contributed by atoms with E-state index >= 15 is 0 Å². The molecule has 13 heteroatoms. The van der Waals surface area contributed by atoms with Crippen molar-refractivity contribution in [1.82, 2.24) is 9.88 Å². The number of hydrogen-bond donors (Lipinski definition) is 1. The van der Waals surface area contributed by atoms with Crippen molar-refractivity contribution in [3.63, 3.8) is 0 Å². The Kier molecular flexibility index (Phi) is 6.76. The molecule has 4 rings (SSSR count). The zero-order chi connectivity index (χ0) is 27.2. The smallest absolute Gasteiger partial charge is 0.353 e. The lowest BCUT2D eigenvalue weighted by atomic mass is 9.77. The number of benzene rings is 1. The van der Waals surface area contributed by atoms with Crippen LogP contribution in [-0.2, 0) is 16.4 Å². The van der Waals surface area contributed by atoms with Crippen LogP contribution in [0.2, 0.25) is 0 Å². The number of pyridine rings is 1. The predicted octanol–water partition coefficient (Wildman–Crippen LogP) is 5.03. The average Bonchev–Trinajstić information content (AvgIpc) is 2.82. The zero-order valence-electron chi connectivity index (χ0n) is 20.1. The maximum absolute atomic E-state index is 13.3. The number of nitrogens with one attached hydrogen (secondary N) is 1. The summed E-state index contributed by atoms with van der Waals surface area (Å²) in [4.78, 5) is 32.3. The fraction of sp³-hybridized carbons (Fsp3) is 0.458. The van der Waals surface area contributed by atoms with Gasteiger partial charge in [0.25, 0.3) is 0 Å². The molecule has 0 spiro atoms. The first-order valence-corrected chi connectivity index (χ1v) is 11.5. The predicted molar refractivity (Wildman–Crippen MR) is 125 cm³/mol. The number of piperazine rings is 1. The Morgan fingerprint density at radius 2 is 1.65 bits per heavy atom. The third kappa shape index (κ3) is 5.44. The Hall–Kier alpha value is -3.51. The van der Waals surface area contributed by atoms with Crippen LogP contribution in [-0.4, -0.2) is 60.7 Å². The number of urea groups is 1. The van der Waals surface area contributed by atoms with Gasteiger partial charge in [-0.1, -0.05) is 19.9 Å². The summed E-state index contributed by atoms with van der Waals surface area (Å²) < 4.78 is 79.5. The van der Waals surface area contributed by atoms with E-state index in [0.717, 1.165) is 6.07 Å². The van der Waals surface area contributed by atoms with Crippen LogP contribution in [0.25, 0.3) is 0 Å². The lowest BCUT2D eigenvalue weighted by molar-refractivity contribution is -0.170. The molecular formula is C24H25F6N5O2. The van der Waals surface area contributed by atoms with Gasteiger partial charge >= 0.3 is 24.3 Å². The fourth-order valence-corrected chi connectivity index (χ4v) is 4.61. The highest BCUT2D eigenvalue weighted by molar-refractivity contribution is 6.00. The summed E-state index contributed by atoms with van der Waals surface area (Å²) in [6, 6.07) is 6.10. The maximum atomic E-state index is 13.3. The summed E-state index contributed by atoms with van der Waals surface area (Å²) in [6.07, 6.45) is -8.00. The molecule has 1 aromatic carbocycles. The Labute approximate surface area is 209 Å². The summed E-state index contributed by atoms with van der Waals surface area (Å²) in [7, 11) is 0. The van der Waals surface area contributed by atoms with Crippen molar-refractivity contribution in [3.05, 3.63) is 47.7 Å². The summed E-state index contributed by atoms with van der Waals surface area (Å²) in [5.74, 6) is -2.18. The van der Waals surface area contributed by atoms with Crippen molar-refractivity contribution in [2.75, 3.05) is 47.8 Å². The molecular weight excluding hydrogens is 504 g/mol. The number of nitrogens with zero attached hydrogens (tertiary/aromatic N) is 4. The molecule has 0 unspecified atom stereocenters. The topological polar surface area (TPSA) is 68.8 Å². The number of carbonyl (C=O) groups excluding carboxylic acids is 2. The summed E-state index contributed by atoms with van der Waals surface area (Å²) in [6.45, 7) is 4.05. The van der Waals surface area contributed by atoms with Crippen LogP contribution < -0.4 is 15.1 Å². The first kappa shape index (κ1) is 26.6. The summed E-state index contributed by atoms with van der Waals surface area (Å²) >= 11 is 0. The van der Waals surface area contributed by atoms with Gasteiger partial charge in [-0.3, -0.25) is 4.79 Å². The van der Waals surface area contributed by atoms with Crippen LogP contribution in [0.1, 0.15) is 31.4 Å². The number of amides is 3. The quantitative estimate of drug-likeness (QED) is 0.555. The monoisotopic (exact) mass is 529 g/mol. The highest BCUT2D eigenvalue weighted by Gasteiger charge is 2.46. The summed E-state index contributed by atoms with van der Waals surface area (Å²) in [5.41, 5.74) is -0.497. The van der Waals surface area contributed by atoms with E-state index < -0.39 is 35.3 Å². The number of halogens is 6. The minimum absolute atomic E-state index is 0.0797. The molecule has 2 aliphatic heterocycles. The van der Waals surface area contributed by atoms with E-state index in [1.807, 2.05) is 13.8 Å². The van der Waals surface area contributed by atoms with E-state index in [0.29, 0.717) is 16.9 Å². The van der Waals surface area contributed by atoms with Crippen LogP contribution in [0.4, 0.5) is 48.3 Å². The van der Waals surface area contributed by atoms with Crippen molar-refractivity contribution < 1.29 is 35.9 Å². The molecule has 1 N–H and O–H groups in total. The number of alkyl halides is 6. The van der Waals surface area contributed by atoms with Crippen LogP contribution in [0.15, 0.2) is 36.5 Å². The van der Waals surface area contributed by atoms with E-state index in [-0.39, 0.29) is 49.9 Å². The second-order valence-corrected chi connectivity index (χ2v) is 9.60. The lowest BCUT2D eigenvalue weighted by Gasteiger charge is -2.39. The third-order valence-corrected chi connectivity index (χ3v) is 6.68. The minimum Gasteiger partial charge on any atom is -0.353 e. The van der Waals surface area contributed by atoms with E-state index in [1.165, 1.54) is 28.1 Å². The molecule has 1 fully saturated rings. The van der Waals surface area contributed by atoms with E-state index in [9.17, 15) is 35.9 Å². The van der Waals surface area contributed by atoms with Crippen molar-refractivity contribution in [3.8, 4) is 0 Å². The Morgan fingerprint density at radius 3 is 2.27 bits per heavy atom. The number of hydrogen-bond acceptors (Lipinski definition) is 4. The number of carbonyl (C=O) groups is 2. The number of aromatic nitrogens is 1. The Bertz CT molecular complexity index is 1190. The maximum Gasteiger partial charge on any atom is 0.471 e. The Balaban J connectivity index is 1.48. The van der Waals surface area contributed by atoms with Gasteiger partial charge in [0.05, 0.1) is 5.56 Å². The van der Waals surface area contributed by atoms with Crippen LogP contribution >= 0.6 is 0 Å². The average molecular weight is 529 g/mol. The molecule has 37 heavy (non-hydrogen) atoms. The zero-order valence-corrected chi connectivity index (χ0v) is 20.1. The largest absolute Gasteiger partial charge is 0.471 e. The molecule has 0 aliphatic carbocycles. The van der Waals surface area contributed by atoms with Crippen LogP contribution in [0.3, 0.4) is 0 Å². The van der Waals surface area contributed by atoms with Crippen molar-refractivity contribution in [2.24, 2.45) is 0 Å². The van der Waals surface area contributed by atoms with Gasteiger partial charge in [-0.15, -0.1) is 0 Å². The van der Waals surface area contributed by atoms with Crippen molar-refractivity contribution in [1.29, 1.82) is 0 Å². The van der Waals surface area contributed by atoms with Crippen LogP contribution in [0, 0.1) is 0 Å². The summed E-state index contributed by atoms with van der Waals surface area (Å²) in [5, 5.41) is 2.63. The van der Waals surface area contributed by atoms with Crippen LogP contribution in [0.5, 0.6) is 0 Å². The van der Waals surface area contributed by atoms with Gasteiger partial charge in [0, 0.05) is 50.3 Å². The standard InChI is InChI=1S/C24H25F6N5O2/c1-22(2)7-9-35(20(36)24(28,29)30)18-14-15(5-6-16(18)22)32-21(37)34-12-10-33(11-13-34)19-17(23(25,26)27)4-3-8-31-19/h3-6,8,14H,7,9-13H2,1-2H3,(H,32,37). The molecule has 0 saturated carbocycles.